The van der Waals surface area contributed by atoms with Crippen LogP contribution < -0.4 is 0 Å². The van der Waals surface area contributed by atoms with Gasteiger partial charge in [0.15, 0.2) is 0 Å². The molecule has 0 unspecified atom stereocenters. The minimum atomic E-state index is -1.89. The van der Waals surface area contributed by atoms with Gasteiger partial charge >= 0.3 is 8.56 Å². The summed E-state index contributed by atoms with van der Waals surface area (Å²) in [4.78, 5) is 0. The van der Waals surface area contributed by atoms with E-state index in [-0.39, 0.29) is 0 Å². The fourth-order valence-electron chi connectivity index (χ4n) is 2.31. The van der Waals surface area contributed by atoms with Crippen LogP contribution >= 0.6 is 11.2 Å². The molecule has 0 amide bonds. The Bertz CT molecular complexity index is 197. The average Bonchev–Trinajstić information content (AvgIpc) is 2.36. The van der Waals surface area contributed by atoms with Gasteiger partial charge in [-0.3, -0.25) is 0 Å². The Balaban J connectivity index is 4.27. The summed E-state index contributed by atoms with van der Waals surface area (Å²) >= 11 is 2.26. The zero-order chi connectivity index (χ0) is 14.1. The second-order valence-corrected chi connectivity index (χ2v) is 16.8. The molecule has 0 N–H and O–H groups in total. The molecule has 0 atom stereocenters. The van der Waals surface area contributed by atoms with Crippen molar-refractivity contribution in [1.82, 2.24) is 0 Å². The maximum Gasteiger partial charge on any atom is 0.335 e. The Morgan fingerprint density at radius 3 is 1.61 bits per heavy atom. The lowest BCUT2D eigenvalue weighted by atomic mass is 10.9. The highest BCUT2D eigenvalue weighted by Crippen LogP contribution is 2.34. The minimum absolute atomic E-state index is 0.783. The fourth-order valence-corrected chi connectivity index (χ4v) is 12.4. The highest BCUT2D eigenvalue weighted by Gasteiger charge is 2.33. The summed E-state index contributed by atoms with van der Waals surface area (Å²) in [6, 6.07) is 5.32. The maximum atomic E-state index is 5.90. The van der Waals surface area contributed by atoms with Crippen LogP contribution in [0.3, 0.4) is 0 Å². The molecule has 0 heterocycles. The molecule has 0 aliphatic heterocycles. The Labute approximate surface area is 120 Å². The van der Waals surface area contributed by atoms with E-state index in [0.717, 1.165) is 19.3 Å². The van der Waals surface area contributed by atoms with Crippen LogP contribution in [0.25, 0.3) is 0 Å². The molecule has 110 valence electrons. The van der Waals surface area contributed by atoms with E-state index >= 15 is 0 Å². The molecule has 0 spiro atoms. The first-order chi connectivity index (χ1) is 8.51. The van der Waals surface area contributed by atoms with Crippen LogP contribution in [0.4, 0.5) is 0 Å². The lowest BCUT2D eigenvalue weighted by molar-refractivity contribution is 0.190. The highest BCUT2D eigenvalue weighted by molar-refractivity contribution is 8.29. The van der Waals surface area contributed by atoms with Gasteiger partial charge in [0.05, 0.1) is 0 Å². The van der Waals surface area contributed by atoms with Crippen molar-refractivity contribution in [2.24, 2.45) is 0 Å². The number of hydrogen-bond donors (Lipinski definition) is 0. The van der Waals surface area contributed by atoms with Gasteiger partial charge in [0.1, 0.15) is 7.22 Å². The van der Waals surface area contributed by atoms with E-state index in [0.29, 0.717) is 0 Å². The normalized spacial score (nSPS) is 13.0. The van der Waals surface area contributed by atoms with Crippen molar-refractivity contribution in [2.45, 2.75) is 65.3 Å². The first-order valence-electron chi connectivity index (χ1n) is 7.43. The van der Waals surface area contributed by atoms with Gasteiger partial charge in [-0.15, -0.1) is 0 Å². The molecule has 0 saturated carbocycles. The smallest absolute Gasteiger partial charge is 0.335 e. The minimum Gasteiger partial charge on any atom is -0.395 e. The lowest BCUT2D eigenvalue weighted by Crippen LogP contribution is -2.40. The average molecular weight is 309 g/mol. The fraction of sp³-hybridized carbons (Fsp3) is 1.00. The summed E-state index contributed by atoms with van der Waals surface area (Å²) in [5, 5.41) is 0. The van der Waals surface area contributed by atoms with E-state index in [4.69, 9.17) is 8.85 Å². The van der Waals surface area contributed by atoms with Gasteiger partial charge in [-0.2, -0.15) is 11.2 Å². The molecule has 0 aromatic carbocycles. The van der Waals surface area contributed by atoms with Gasteiger partial charge in [-0.05, 0) is 32.2 Å². The molecule has 0 aliphatic rings. The molecule has 0 saturated heterocycles. The standard InChI is InChI=1S/C13H32O2SSi2/c1-7-14-17(6,15-8-2)13-12-16-18(9-3,10-4)11-5/h7-13H2,1-6H3. The van der Waals surface area contributed by atoms with Crippen molar-refractivity contribution in [2.75, 3.05) is 19.0 Å². The first kappa shape index (κ1) is 18.7. The molecular formula is C13H32O2SSi2. The summed E-state index contributed by atoms with van der Waals surface area (Å²) in [5.74, 6) is 1.23. The SMILES string of the molecule is CCO[Si](C)(CCS[Si](CC)(CC)CC)OCC. The summed E-state index contributed by atoms with van der Waals surface area (Å²) in [6.07, 6.45) is 0. The van der Waals surface area contributed by atoms with Gasteiger partial charge in [0.2, 0.25) is 0 Å². The first-order valence-corrected chi connectivity index (χ1v) is 14.3. The summed E-state index contributed by atoms with van der Waals surface area (Å²) in [7, 11) is -2.92. The van der Waals surface area contributed by atoms with E-state index < -0.39 is 15.8 Å². The lowest BCUT2D eigenvalue weighted by Gasteiger charge is -2.30. The maximum absolute atomic E-state index is 5.90. The molecule has 18 heavy (non-hydrogen) atoms. The van der Waals surface area contributed by atoms with Crippen molar-refractivity contribution in [3.05, 3.63) is 0 Å². The second kappa shape index (κ2) is 9.58. The molecule has 0 radical (unpaired) electrons. The van der Waals surface area contributed by atoms with Crippen LogP contribution in [0.15, 0.2) is 0 Å². The van der Waals surface area contributed by atoms with Gasteiger partial charge < -0.3 is 8.85 Å². The Morgan fingerprint density at radius 2 is 1.28 bits per heavy atom. The molecule has 0 bridgehead atoms. The van der Waals surface area contributed by atoms with Crippen LogP contribution in [0, 0.1) is 0 Å². The van der Waals surface area contributed by atoms with Crippen molar-refractivity contribution >= 4 is 27.0 Å². The third-order valence-electron chi connectivity index (χ3n) is 3.80. The molecule has 0 aliphatic carbocycles. The van der Waals surface area contributed by atoms with E-state index in [2.05, 4.69) is 52.4 Å². The van der Waals surface area contributed by atoms with Gasteiger partial charge in [-0.25, -0.2) is 0 Å². The third kappa shape index (κ3) is 6.23. The summed E-state index contributed by atoms with van der Waals surface area (Å²) < 4.78 is 11.8. The molecule has 0 fully saturated rings. The van der Waals surface area contributed by atoms with Crippen molar-refractivity contribution < 1.29 is 8.85 Å². The Kier molecular flexibility index (Phi) is 9.96. The van der Waals surface area contributed by atoms with Crippen molar-refractivity contribution in [3.8, 4) is 0 Å². The predicted octanol–water partition coefficient (Wildman–Crippen LogP) is 4.87. The molecule has 2 nitrogen and oxygen atoms in total. The van der Waals surface area contributed by atoms with Crippen molar-refractivity contribution in [3.63, 3.8) is 0 Å². The topological polar surface area (TPSA) is 18.5 Å². The highest BCUT2D eigenvalue weighted by atomic mass is 32.4. The third-order valence-corrected chi connectivity index (χ3v) is 17.1. The van der Waals surface area contributed by atoms with E-state index in [1.54, 1.807) is 0 Å². The van der Waals surface area contributed by atoms with E-state index in [1.807, 2.05) is 0 Å². The monoisotopic (exact) mass is 308 g/mol. The molecule has 0 rings (SSSR count). The van der Waals surface area contributed by atoms with E-state index in [1.165, 1.54) is 23.9 Å². The molecule has 5 heteroatoms. The summed E-state index contributed by atoms with van der Waals surface area (Å²) in [5.41, 5.74) is 0. The van der Waals surface area contributed by atoms with E-state index in [9.17, 15) is 0 Å². The summed E-state index contributed by atoms with van der Waals surface area (Å²) in [6.45, 7) is 15.0. The van der Waals surface area contributed by atoms with Gasteiger partial charge in [0.25, 0.3) is 0 Å². The molecule has 0 aromatic heterocycles. The van der Waals surface area contributed by atoms with Crippen LogP contribution in [0.5, 0.6) is 0 Å². The second-order valence-electron chi connectivity index (χ2n) is 4.84. The predicted molar refractivity (Wildman–Crippen MR) is 89.3 cm³/mol. The van der Waals surface area contributed by atoms with Gasteiger partial charge in [0, 0.05) is 13.2 Å². The van der Waals surface area contributed by atoms with Crippen LogP contribution in [0.2, 0.25) is 30.7 Å². The Morgan fingerprint density at radius 1 is 0.833 bits per heavy atom. The number of rotatable bonds is 11. The Hall–Kier alpha value is 0.704. The molecule has 0 aromatic rings. The zero-order valence-corrected chi connectivity index (χ0v) is 16.0. The molecular weight excluding hydrogens is 276 g/mol. The van der Waals surface area contributed by atoms with Crippen LogP contribution in [-0.4, -0.2) is 34.8 Å². The van der Waals surface area contributed by atoms with Crippen LogP contribution in [0.1, 0.15) is 34.6 Å². The zero-order valence-electron chi connectivity index (χ0n) is 13.2. The largest absolute Gasteiger partial charge is 0.395 e. The number of hydrogen-bond acceptors (Lipinski definition) is 3. The van der Waals surface area contributed by atoms with Crippen molar-refractivity contribution in [1.29, 1.82) is 0 Å². The van der Waals surface area contributed by atoms with Gasteiger partial charge in [-0.1, -0.05) is 38.9 Å². The quantitative estimate of drug-likeness (QED) is 0.507. The van der Waals surface area contributed by atoms with Crippen LogP contribution in [-0.2, 0) is 8.85 Å².